The van der Waals surface area contributed by atoms with Crippen molar-refractivity contribution in [3.8, 4) is 28.5 Å². The van der Waals surface area contributed by atoms with E-state index in [1.165, 1.54) is 0 Å². The summed E-state index contributed by atoms with van der Waals surface area (Å²) in [6.45, 7) is 3.76. The van der Waals surface area contributed by atoms with Crippen molar-refractivity contribution in [2.75, 3.05) is 0 Å². The van der Waals surface area contributed by atoms with Gasteiger partial charge in [0, 0.05) is 28.0 Å². The van der Waals surface area contributed by atoms with E-state index >= 15 is 0 Å². The molecule has 0 amide bonds. The third-order valence-corrected chi connectivity index (χ3v) is 6.80. The molecule has 6 rings (SSSR count). The van der Waals surface area contributed by atoms with E-state index in [1.54, 1.807) is 19.2 Å². The zero-order valence-corrected chi connectivity index (χ0v) is 19.7. The molecule has 3 nitrogen and oxygen atoms in total. The molecule has 35 heavy (non-hydrogen) atoms. The first kappa shape index (κ1) is 21.1. The number of hydrogen-bond acceptors (Lipinski definition) is 2. The van der Waals surface area contributed by atoms with E-state index in [-0.39, 0.29) is 5.82 Å². The Hall–Kier alpha value is -4.49. The first-order valence-electron chi connectivity index (χ1n) is 11.5. The summed E-state index contributed by atoms with van der Waals surface area (Å²) in [5, 5.41) is 13.8. The highest BCUT2D eigenvalue weighted by molar-refractivity contribution is 6.14. The van der Waals surface area contributed by atoms with Crippen molar-refractivity contribution in [2.45, 2.75) is 13.8 Å². The fourth-order valence-corrected chi connectivity index (χ4v) is 5.00. The Morgan fingerprint density at radius 3 is 2.43 bits per heavy atom. The number of halogens is 1. The van der Waals surface area contributed by atoms with Gasteiger partial charge >= 0.3 is 0 Å². The maximum Gasteiger partial charge on any atom is 0.219 e. The number of nitrogens with zero attached hydrogens (tertiary/aromatic N) is 2. The maximum atomic E-state index is 14.6. The van der Waals surface area contributed by atoms with Gasteiger partial charge in [-0.3, -0.25) is 0 Å². The first-order valence-corrected chi connectivity index (χ1v) is 11.5. The Labute approximate surface area is 202 Å². The van der Waals surface area contributed by atoms with Crippen LogP contribution in [0.4, 0.5) is 4.39 Å². The lowest BCUT2D eigenvalue weighted by Crippen LogP contribution is -2.31. The zero-order valence-electron chi connectivity index (χ0n) is 19.7. The van der Waals surface area contributed by atoms with Crippen LogP contribution in [0, 0.1) is 31.0 Å². The van der Waals surface area contributed by atoms with Gasteiger partial charge in [-0.15, -0.1) is 0 Å². The molecule has 6 aromatic rings. The lowest BCUT2D eigenvalue weighted by Gasteiger charge is -2.06. The Morgan fingerprint density at radius 2 is 1.63 bits per heavy atom. The molecule has 0 radical (unpaired) electrons. The van der Waals surface area contributed by atoms with Gasteiger partial charge in [0.1, 0.15) is 24.0 Å². The van der Waals surface area contributed by atoms with Gasteiger partial charge in [0.2, 0.25) is 5.69 Å². The summed E-state index contributed by atoms with van der Waals surface area (Å²) < 4.78 is 23.1. The lowest BCUT2D eigenvalue weighted by atomic mass is 9.96. The molecular weight excluding hydrogens is 435 g/mol. The third kappa shape index (κ3) is 3.28. The number of fused-ring (bicyclic) bond motifs is 4. The van der Waals surface area contributed by atoms with Crippen molar-refractivity contribution in [3.05, 3.63) is 102 Å². The minimum atomic E-state index is -0.255. The molecular formula is C31H22FN2O+. The van der Waals surface area contributed by atoms with Crippen LogP contribution in [0.25, 0.3) is 55.1 Å². The van der Waals surface area contributed by atoms with Crippen molar-refractivity contribution in [1.29, 1.82) is 5.26 Å². The Bertz CT molecular complexity index is 1860. The van der Waals surface area contributed by atoms with Crippen molar-refractivity contribution in [3.63, 3.8) is 0 Å². The van der Waals surface area contributed by atoms with Crippen molar-refractivity contribution >= 4 is 32.7 Å². The quantitative estimate of drug-likeness (QED) is 0.252. The summed E-state index contributed by atoms with van der Waals surface area (Å²) in [7, 11) is 1.91. The number of furan rings is 1. The van der Waals surface area contributed by atoms with Gasteiger partial charge in [0.05, 0.1) is 17.2 Å². The molecule has 0 saturated heterocycles. The van der Waals surface area contributed by atoms with Crippen LogP contribution in [-0.4, -0.2) is 0 Å². The van der Waals surface area contributed by atoms with Crippen LogP contribution in [0.15, 0.2) is 83.4 Å². The number of aromatic nitrogens is 1. The number of rotatable bonds is 2. The molecule has 2 heterocycles. The van der Waals surface area contributed by atoms with Crippen LogP contribution in [0.5, 0.6) is 0 Å². The predicted molar refractivity (Wildman–Crippen MR) is 137 cm³/mol. The highest BCUT2D eigenvalue weighted by Gasteiger charge is 2.23. The second-order valence-electron chi connectivity index (χ2n) is 9.11. The summed E-state index contributed by atoms with van der Waals surface area (Å²) in [5.74, 6) is -0.255. The highest BCUT2D eigenvalue weighted by Crippen LogP contribution is 2.41. The van der Waals surface area contributed by atoms with E-state index in [0.29, 0.717) is 16.7 Å². The molecule has 0 N–H and O–H groups in total. The van der Waals surface area contributed by atoms with Crippen LogP contribution in [0.3, 0.4) is 0 Å². The van der Waals surface area contributed by atoms with E-state index in [2.05, 4.69) is 36.4 Å². The van der Waals surface area contributed by atoms with Crippen LogP contribution < -0.4 is 4.57 Å². The largest absolute Gasteiger partial charge is 0.454 e. The van der Waals surface area contributed by atoms with Gasteiger partial charge in [-0.1, -0.05) is 48.5 Å². The van der Waals surface area contributed by atoms with Gasteiger partial charge in [0.15, 0.2) is 6.20 Å². The van der Waals surface area contributed by atoms with E-state index in [1.807, 2.05) is 54.9 Å². The van der Waals surface area contributed by atoms with Crippen molar-refractivity contribution in [2.24, 2.45) is 7.05 Å². The highest BCUT2D eigenvalue weighted by atomic mass is 19.1. The lowest BCUT2D eigenvalue weighted by molar-refractivity contribution is -0.661. The minimum absolute atomic E-state index is 0.255. The molecule has 0 bridgehead atoms. The summed E-state index contributed by atoms with van der Waals surface area (Å²) in [4.78, 5) is 0. The Morgan fingerprint density at radius 1 is 0.829 bits per heavy atom. The fourth-order valence-electron chi connectivity index (χ4n) is 5.00. The summed E-state index contributed by atoms with van der Waals surface area (Å²) in [5.41, 5.74) is 6.99. The monoisotopic (exact) mass is 457 g/mol. The number of benzene rings is 4. The molecule has 168 valence electrons. The molecule has 4 heteroatoms. The number of aryl methyl sites for hydroxylation is 3. The minimum Gasteiger partial charge on any atom is -0.454 e. The second-order valence-corrected chi connectivity index (χ2v) is 9.11. The van der Waals surface area contributed by atoms with Crippen LogP contribution in [-0.2, 0) is 7.05 Å². The zero-order chi connectivity index (χ0) is 24.3. The maximum absolute atomic E-state index is 14.6. The summed E-state index contributed by atoms with van der Waals surface area (Å²) in [6.07, 6.45) is 1.79. The number of hydrogen-bond donors (Lipinski definition) is 0. The van der Waals surface area contributed by atoms with E-state index in [9.17, 15) is 9.65 Å². The second kappa shape index (κ2) is 7.78. The average Bonchev–Trinajstić information content (AvgIpc) is 3.24. The topological polar surface area (TPSA) is 40.8 Å². The van der Waals surface area contributed by atoms with Crippen molar-refractivity contribution in [1.82, 2.24) is 0 Å². The van der Waals surface area contributed by atoms with Gasteiger partial charge in [-0.2, -0.15) is 5.26 Å². The summed E-state index contributed by atoms with van der Waals surface area (Å²) in [6, 6.07) is 26.2. The molecule has 4 aromatic carbocycles. The Balaban J connectivity index is 1.71. The van der Waals surface area contributed by atoms with E-state index in [4.69, 9.17) is 4.42 Å². The first-order chi connectivity index (χ1) is 16.9. The van der Waals surface area contributed by atoms with Gasteiger partial charge in [-0.05, 0) is 53.9 Å². The van der Waals surface area contributed by atoms with Crippen LogP contribution >= 0.6 is 0 Å². The molecule has 0 saturated carbocycles. The molecule has 0 atom stereocenters. The molecule has 0 aliphatic rings. The molecule has 0 spiro atoms. The van der Waals surface area contributed by atoms with E-state index in [0.717, 1.165) is 55.1 Å². The Kier molecular flexibility index (Phi) is 4.69. The number of nitriles is 1. The standard InChI is InChI=1S/C31H22FN2O/c1-18-8-11-24-26-13-20(16-33)12-25(23-10-9-21-6-4-5-7-22(21)14-23)30(26)35-31(24)29(18)28-15-27(32)19(2)17-34(28)3/h4-15,17H,1-3H3/q+1. The number of pyridine rings is 1. The molecule has 0 unspecified atom stereocenters. The normalized spacial score (nSPS) is 11.4. The third-order valence-electron chi connectivity index (χ3n) is 6.80. The average molecular weight is 458 g/mol. The van der Waals surface area contributed by atoms with Gasteiger partial charge in [-0.25, -0.2) is 8.96 Å². The van der Waals surface area contributed by atoms with Gasteiger partial charge < -0.3 is 4.42 Å². The van der Waals surface area contributed by atoms with E-state index < -0.39 is 0 Å². The smallest absolute Gasteiger partial charge is 0.219 e. The molecule has 0 fully saturated rings. The fraction of sp³-hybridized carbons (Fsp3) is 0.0968. The molecule has 0 aliphatic heterocycles. The molecule has 2 aromatic heterocycles. The van der Waals surface area contributed by atoms with Crippen molar-refractivity contribution < 1.29 is 13.4 Å². The van der Waals surface area contributed by atoms with Gasteiger partial charge in [0.25, 0.3) is 0 Å². The SMILES string of the molecule is Cc1c[n+](C)c(-c2c(C)ccc3c2oc2c(-c4ccc5ccccc5c4)cc(C#N)cc23)cc1F. The van der Waals surface area contributed by atoms with Crippen LogP contribution in [0.1, 0.15) is 16.7 Å². The summed E-state index contributed by atoms with van der Waals surface area (Å²) >= 11 is 0. The predicted octanol–water partition coefficient (Wildman–Crippen LogP) is 7.53. The van der Waals surface area contributed by atoms with Crippen LogP contribution in [0.2, 0.25) is 0 Å². The molecule has 0 aliphatic carbocycles.